The number of benzene rings is 4. The first-order valence-corrected chi connectivity index (χ1v) is 19.0. The Morgan fingerprint density at radius 3 is 2.52 bits per heavy atom. The highest BCUT2D eigenvalue weighted by Gasteiger charge is 2.31. The number of anilines is 2. The number of hydrogen-bond donors (Lipinski definition) is 3. The number of aliphatic hydroxyl groups is 1. The van der Waals surface area contributed by atoms with Crippen molar-refractivity contribution in [2.45, 2.75) is 63.2 Å². The van der Waals surface area contributed by atoms with Gasteiger partial charge in [-0.1, -0.05) is 43.3 Å². The summed E-state index contributed by atoms with van der Waals surface area (Å²) in [6.07, 6.45) is 1.45. The lowest BCUT2D eigenvalue weighted by atomic mass is 10.0. The molecular formula is C39H47FN4O7S. The van der Waals surface area contributed by atoms with E-state index in [2.05, 4.69) is 10.0 Å². The molecule has 13 heteroatoms. The summed E-state index contributed by atoms with van der Waals surface area (Å²) in [6.45, 7) is 6.05. The third-order valence-electron chi connectivity index (χ3n) is 9.26. The molecule has 3 N–H and O–H groups in total. The maximum Gasteiger partial charge on any atom is 0.321 e. The molecule has 1 aliphatic rings. The number of urea groups is 1. The number of amides is 3. The molecule has 5 rings (SSSR count). The first-order chi connectivity index (χ1) is 24.9. The second-order valence-electron chi connectivity index (χ2n) is 13.4. The highest BCUT2D eigenvalue weighted by atomic mass is 32.2. The second kappa shape index (κ2) is 17.2. The third kappa shape index (κ3) is 9.58. The number of aliphatic hydroxyl groups excluding tert-OH is 1. The van der Waals surface area contributed by atoms with Crippen molar-refractivity contribution in [3.63, 3.8) is 0 Å². The molecule has 278 valence electrons. The van der Waals surface area contributed by atoms with Crippen LogP contribution in [0.25, 0.3) is 10.8 Å². The van der Waals surface area contributed by atoms with Crippen LogP contribution in [0, 0.1) is 11.7 Å². The minimum atomic E-state index is -4.11. The maximum atomic E-state index is 14.4. The van der Waals surface area contributed by atoms with Crippen molar-refractivity contribution < 1.29 is 37.0 Å². The molecule has 0 spiro atoms. The van der Waals surface area contributed by atoms with E-state index in [1.165, 1.54) is 17.0 Å². The van der Waals surface area contributed by atoms with Crippen molar-refractivity contribution in [2.24, 2.45) is 5.92 Å². The van der Waals surface area contributed by atoms with Gasteiger partial charge < -0.3 is 29.7 Å². The molecule has 11 nitrogen and oxygen atoms in total. The van der Waals surface area contributed by atoms with E-state index in [4.69, 9.17) is 9.47 Å². The van der Waals surface area contributed by atoms with Crippen LogP contribution in [0.2, 0.25) is 0 Å². The lowest BCUT2D eigenvalue weighted by Gasteiger charge is -2.35. The van der Waals surface area contributed by atoms with Gasteiger partial charge >= 0.3 is 6.03 Å². The molecule has 4 atom stereocenters. The summed E-state index contributed by atoms with van der Waals surface area (Å²) in [5.74, 6) is -1.06. The van der Waals surface area contributed by atoms with Gasteiger partial charge in [-0.05, 0) is 87.0 Å². The number of fused-ring (bicyclic) bond motifs is 2. The van der Waals surface area contributed by atoms with Gasteiger partial charge in [-0.2, -0.15) is 0 Å². The Labute approximate surface area is 304 Å². The number of likely N-dealkylation sites (N-methyl/N-ethyl adjacent to an activating group) is 1. The van der Waals surface area contributed by atoms with Crippen molar-refractivity contribution in [3.05, 3.63) is 96.3 Å². The first-order valence-electron chi connectivity index (χ1n) is 17.5. The highest BCUT2D eigenvalue weighted by molar-refractivity contribution is 7.92. The van der Waals surface area contributed by atoms with E-state index in [1.807, 2.05) is 56.3 Å². The van der Waals surface area contributed by atoms with Gasteiger partial charge in [0.05, 0.1) is 41.0 Å². The first kappa shape index (κ1) is 38.5. The molecule has 0 aliphatic carbocycles. The van der Waals surface area contributed by atoms with E-state index in [0.717, 1.165) is 47.9 Å². The van der Waals surface area contributed by atoms with Crippen molar-refractivity contribution in [2.75, 3.05) is 43.4 Å². The van der Waals surface area contributed by atoms with Crippen LogP contribution < -0.4 is 14.8 Å². The number of halogens is 1. The molecule has 1 aliphatic heterocycles. The molecule has 1 heterocycles. The zero-order valence-corrected chi connectivity index (χ0v) is 30.7. The van der Waals surface area contributed by atoms with Crippen molar-refractivity contribution in [1.82, 2.24) is 9.80 Å². The van der Waals surface area contributed by atoms with E-state index in [9.17, 15) is 27.5 Å². The summed E-state index contributed by atoms with van der Waals surface area (Å²) in [7, 11) is -2.41. The summed E-state index contributed by atoms with van der Waals surface area (Å²) in [6, 6.07) is 21.5. The number of sulfonamides is 1. The molecule has 0 radical (unpaired) electrons. The smallest absolute Gasteiger partial charge is 0.321 e. The summed E-state index contributed by atoms with van der Waals surface area (Å²) >= 11 is 0. The predicted octanol–water partition coefficient (Wildman–Crippen LogP) is 6.74. The molecule has 0 saturated heterocycles. The van der Waals surface area contributed by atoms with Gasteiger partial charge in [0, 0.05) is 43.7 Å². The molecule has 0 fully saturated rings. The van der Waals surface area contributed by atoms with Crippen LogP contribution in [-0.2, 0) is 14.8 Å². The molecule has 0 unspecified atom stereocenters. The second-order valence-corrected chi connectivity index (χ2v) is 15.1. The zero-order valence-electron chi connectivity index (χ0n) is 29.9. The molecule has 0 aromatic heterocycles. The Hall–Kier alpha value is -4.72. The Bertz CT molecular complexity index is 1950. The van der Waals surface area contributed by atoms with Gasteiger partial charge in [0.25, 0.3) is 15.9 Å². The lowest BCUT2D eigenvalue weighted by Crippen LogP contribution is -2.48. The number of hydrogen-bond acceptors (Lipinski definition) is 7. The molecular weight excluding hydrogens is 688 g/mol. The van der Waals surface area contributed by atoms with E-state index < -0.39 is 33.9 Å². The number of rotatable bonds is 8. The van der Waals surface area contributed by atoms with Crippen LogP contribution in [0.1, 0.15) is 50.4 Å². The van der Waals surface area contributed by atoms with E-state index >= 15 is 0 Å². The standard InChI is InChI=1S/C39H47FN4O7S/c1-26-23-44(27(2)25-45)38(46)34-22-31(42-52(48,49)32-18-15-30(40)16-19-32)17-20-36(34)51-28(3)10-7-8-21-50-37(26)24-43(4)39(47)41-35-14-9-12-29-11-5-6-13-33(29)35/h5-6,9,11-20,22,26-28,37,42,45H,7-8,10,21,23-25H2,1-4H3,(H,41,47)/t26-,27-,28-,37+/m0/s1. The fourth-order valence-electron chi connectivity index (χ4n) is 6.17. The Morgan fingerprint density at radius 2 is 1.77 bits per heavy atom. The van der Waals surface area contributed by atoms with Crippen LogP contribution in [0.15, 0.2) is 89.8 Å². The maximum absolute atomic E-state index is 14.4. The third-order valence-corrected chi connectivity index (χ3v) is 10.7. The topological polar surface area (TPSA) is 138 Å². The van der Waals surface area contributed by atoms with Crippen LogP contribution in [-0.4, -0.2) is 86.9 Å². The monoisotopic (exact) mass is 734 g/mol. The number of carbonyl (C=O) groups is 2. The Morgan fingerprint density at radius 1 is 1.04 bits per heavy atom. The number of nitrogens with zero attached hydrogens (tertiary/aromatic N) is 2. The predicted molar refractivity (Wildman–Crippen MR) is 200 cm³/mol. The SMILES string of the molecule is C[C@H]1CCCCO[C@H](CN(C)C(=O)Nc2cccc3ccccc23)[C@@H](C)CN([C@@H](C)CO)C(=O)c2cc(NS(=O)(=O)c3ccc(F)cc3)ccc2O1. The summed E-state index contributed by atoms with van der Waals surface area (Å²) in [5, 5.41) is 15.2. The van der Waals surface area contributed by atoms with Crippen molar-refractivity contribution in [3.8, 4) is 5.75 Å². The van der Waals surface area contributed by atoms with Gasteiger partial charge in [-0.25, -0.2) is 17.6 Å². The van der Waals surface area contributed by atoms with Crippen molar-refractivity contribution in [1.29, 1.82) is 0 Å². The van der Waals surface area contributed by atoms with Crippen LogP contribution >= 0.6 is 0 Å². The van der Waals surface area contributed by atoms with E-state index in [0.29, 0.717) is 18.7 Å². The molecule has 3 amide bonds. The fraction of sp³-hybridized carbons (Fsp3) is 0.385. The summed E-state index contributed by atoms with van der Waals surface area (Å²) in [5.41, 5.74) is 0.913. The summed E-state index contributed by atoms with van der Waals surface area (Å²) < 4.78 is 54.9. The zero-order chi connectivity index (χ0) is 37.4. The minimum Gasteiger partial charge on any atom is -0.490 e. The largest absolute Gasteiger partial charge is 0.490 e. The fourth-order valence-corrected chi connectivity index (χ4v) is 7.22. The van der Waals surface area contributed by atoms with Crippen LogP contribution in [0.3, 0.4) is 0 Å². The molecule has 4 aromatic carbocycles. The highest BCUT2D eigenvalue weighted by Crippen LogP contribution is 2.30. The Kier molecular flexibility index (Phi) is 12.7. The lowest BCUT2D eigenvalue weighted by molar-refractivity contribution is -0.0115. The number of carbonyl (C=O) groups excluding carboxylic acids is 2. The van der Waals surface area contributed by atoms with Gasteiger partial charge in [-0.15, -0.1) is 0 Å². The van der Waals surface area contributed by atoms with E-state index in [1.54, 1.807) is 24.9 Å². The molecule has 0 bridgehead atoms. The van der Waals surface area contributed by atoms with Crippen LogP contribution in [0.5, 0.6) is 5.75 Å². The molecule has 4 aromatic rings. The summed E-state index contributed by atoms with van der Waals surface area (Å²) in [4.78, 5) is 30.8. The average molecular weight is 735 g/mol. The number of nitrogens with one attached hydrogen (secondary N) is 2. The molecule has 0 saturated carbocycles. The quantitative estimate of drug-likeness (QED) is 0.182. The normalized spacial score (nSPS) is 19.5. The van der Waals surface area contributed by atoms with Gasteiger partial charge in [0.1, 0.15) is 11.6 Å². The van der Waals surface area contributed by atoms with Gasteiger partial charge in [0.2, 0.25) is 0 Å². The van der Waals surface area contributed by atoms with Gasteiger partial charge in [-0.3, -0.25) is 9.52 Å². The van der Waals surface area contributed by atoms with Crippen molar-refractivity contribution >= 4 is 44.1 Å². The molecule has 52 heavy (non-hydrogen) atoms. The number of ether oxygens (including phenoxy) is 2. The minimum absolute atomic E-state index is 0.110. The van der Waals surface area contributed by atoms with E-state index in [-0.39, 0.29) is 59.6 Å². The Balaban J connectivity index is 1.40. The van der Waals surface area contributed by atoms with Gasteiger partial charge in [0.15, 0.2) is 0 Å². The van der Waals surface area contributed by atoms with Crippen LogP contribution in [0.4, 0.5) is 20.6 Å². The average Bonchev–Trinajstić information content (AvgIpc) is 3.12.